The maximum atomic E-state index is 12.3. The van der Waals surface area contributed by atoms with Crippen LogP contribution in [0.25, 0.3) is 0 Å². The van der Waals surface area contributed by atoms with Gasteiger partial charge in [-0.1, -0.05) is 24.6 Å². The van der Waals surface area contributed by atoms with Crippen LogP contribution in [0.4, 0.5) is 5.69 Å². The molecule has 1 fully saturated rings. The molecule has 21 heavy (non-hydrogen) atoms. The predicted octanol–water partition coefficient (Wildman–Crippen LogP) is 3.32. The summed E-state index contributed by atoms with van der Waals surface area (Å²) >= 11 is 5.91. The van der Waals surface area contributed by atoms with Crippen LogP contribution in [0.15, 0.2) is 24.3 Å². The molecule has 0 unspecified atom stereocenters. The number of anilines is 1. The molecule has 5 heteroatoms. The fourth-order valence-electron chi connectivity index (χ4n) is 2.60. The maximum absolute atomic E-state index is 12.3. The van der Waals surface area contributed by atoms with Gasteiger partial charge in [0.1, 0.15) is 0 Å². The van der Waals surface area contributed by atoms with Crippen LogP contribution in [0.3, 0.4) is 0 Å². The van der Waals surface area contributed by atoms with E-state index in [9.17, 15) is 9.59 Å². The van der Waals surface area contributed by atoms with E-state index in [1.54, 1.807) is 18.2 Å². The van der Waals surface area contributed by atoms with E-state index in [0.717, 1.165) is 25.8 Å². The number of nitrogens with one attached hydrogen (secondary N) is 1. The van der Waals surface area contributed by atoms with Gasteiger partial charge in [0.25, 0.3) is 0 Å². The number of piperidine rings is 1. The third kappa shape index (κ3) is 4.46. The Hall–Kier alpha value is -1.55. The maximum Gasteiger partial charge on any atom is 0.229 e. The lowest BCUT2D eigenvalue weighted by atomic mass is 9.96. The summed E-state index contributed by atoms with van der Waals surface area (Å²) in [7, 11) is 0. The molecule has 4 nitrogen and oxygen atoms in total. The molecule has 0 saturated carbocycles. The highest BCUT2D eigenvalue weighted by molar-refractivity contribution is 6.30. The first-order valence-electron chi connectivity index (χ1n) is 7.44. The first kappa shape index (κ1) is 15.8. The Labute approximate surface area is 130 Å². The van der Waals surface area contributed by atoms with Crippen molar-refractivity contribution in [2.45, 2.75) is 32.6 Å². The van der Waals surface area contributed by atoms with Gasteiger partial charge in [0.15, 0.2) is 0 Å². The van der Waals surface area contributed by atoms with Crippen molar-refractivity contribution < 1.29 is 9.59 Å². The van der Waals surface area contributed by atoms with E-state index in [0.29, 0.717) is 23.7 Å². The number of carbonyl (C=O) groups is 2. The molecule has 1 atom stereocenters. The second kappa shape index (κ2) is 7.46. The monoisotopic (exact) mass is 308 g/mol. The highest BCUT2D eigenvalue weighted by Gasteiger charge is 2.28. The van der Waals surface area contributed by atoms with Gasteiger partial charge in [0.2, 0.25) is 11.8 Å². The van der Waals surface area contributed by atoms with Crippen LogP contribution in [0, 0.1) is 5.92 Å². The molecule has 1 aromatic carbocycles. The van der Waals surface area contributed by atoms with Gasteiger partial charge in [-0.15, -0.1) is 0 Å². The van der Waals surface area contributed by atoms with Gasteiger partial charge in [0, 0.05) is 30.2 Å². The Balaban J connectivity index is 1.94. The van der Waals surface area contributed by atoms with Gasteiger partial charge < -0.3 is 10.2 Å². The van der Waals surface area contributed by atoms with Crippen LogP contribution in [-0.4, -0.2) is 29.8 Å². The van der Waals surface area contributed by atoms with E-state index in [1.807, 2.05) is 17.9 Å². The molecule has 1 aromatic rings. The number of benzene rings is 1. The molecule has 1 heterocycles. The lowest BCUT2D eigenvalue weighted by molar-refractivity contribution is -0.134. The quantitative estimate of drug-likeness (QED) is 0.927. The molecule has 1 N–H and O–H groups in total. The number of rotatable bonds is 4. The van der Waals surface area contributed by atoms with Crippen molar-refractivity contribution >= 4 is 29.1 Å². The lowest BCUT2D eigenvalue weighted by Gasteiger charge is -2.32. The van der Waals surface area contributed by atoms with E-state index >= 15 is 0 Å². The molecule has 1 aliphatic heterocycles. The molecule has 0 aromatic heterocycles. The summed E-state index contributed by atoms with van der Waals surface area (Å²) in [5.74, 6) is -0.0254. The number of halogens is 1. The Morgan fingerprint density at radius 1 is 1.43 bits per heavy atom. The molecule has 0 radical (unpaired) electrons. The van der Waals surface area contributed by atoms with Gasteiger partial charge in [-0.05, 0) is 37.5 Å². The van der Waals surface area contributed by atoms with E-state index in [-0.39, 0.29) is 17.7 Å². The number of amides is 2. The fourth-order valence-corrected chi connectivity index (χ4v) is 2.79. The predicted molar refractivity (Wildman–Crippen MR) is 84.3 cm³/mol. The van der Waals surface area contributed by atoms with Gasteiger partial charge >= 0.3 is 0 Å². The Morgan fingerprint density at radius 2 is 2.24 bits per heavy atom. The zero-order valence-electron chi connectivity index (χ0n) is 12.3. The third-order valence-electron chi connectivity index (χ3n) is 3.70. The van der Waals surface area contributed by atoms with Crippen LogP contribution < -0.4 is 5.32 Å². The topological polar surface area (TPSA) is 49.4 Å². The first-order valence-corrected chi connectivity index (χ1v) is 7.82. The van der Waals surface area contributed by atoms with Crippen molar-refractivity contribution in [1.82, 2.24) is 4.90 Å². The summed E-state index contributed by atoms with van der Waals surface area (Å²) in [6.45, 7) is 3.27. The van der Waals surface area contributed by atoms with Gasteiger partial charge in [0.05, 0.1) is 5.92 Å². The molecular formula is C16H21ClN2O2. The minimum atomic E-state index is -0.140. The van der Waals surface area contributed by atoms with E-state index in [1.165, 1.54) is 0 Å². The van der Waals surface area contributed by atoms with Crippen molar-refractivity contribution in [2.75, 3.05) is 18.4 Å². The highest BCUT2D eigenvalue weighted by atomic mass is 35.5. The van der Waals surface area contributed by atoms with Crippen molar-refractivity contribution in [3.05, 3.63) is 29.3 Å². The average Bonchev–Trinajstić information content (AvgIpc) is 2.47. The van der Waals surface area contributed by atoms with Crippen LogP contribution in [0.2, 0.25) is 5.02 Å². The van der Waals surface area contributed by atoms with Crippen molar-refractivity contribution in [2.24, 2.45) is 5.92 Å². The van der Waals surface area contributed by atoms with Crippen LogP contribution in [0.5, 0.6) is 0 Å². The summed E-state index contributed by atoms with van der Waals surface area (Å²) in [6, 6.07) is 7.10. The van der Waals surface area contributed by atoms with Crippen LogP contribution in [0.1, 0.15) is 32.6 Å². The van der Waals surface area contributed by atoms with E-state index < -0.39 is 0 Å². The van der Waals surface area contributed by atoms with E-state index in [2.05, 4.69) is 5.32 Å². The zero-order valence-corrected chi connectivity index (χ0v) is 13.0. The molecule has 1 aliphatic rings. The van der Waals surface area contributed by atoms with Gasteiger partial charge in [-0.3, -0.25) is 9.59 Å². The van der Waals surface area contributed by atoms with Gasteiger partial charge in [-0.2, -0.15) is 0 Å². The first-order chi connectivity index (χ1) is 10.1. The number of likely N-dealkylation sites (tertiary alicyclic amines) is 1. The highest BCUT2D eigenvalue weighted by Crippen LogP contribution is 2.21. The second-order valence-electron chi connectivity index (χ2n) is 5.43. The molecule has 0 aliphatic carbocycles. The summed E-state index contributed by atoms with van der Waals surface area (Å²) in [5.41, 5.74) is 0.699. The smallest absolute Gasteiger partial charge is 0.229 e. The Bertz CT molecular complexity index is 519. The Kier molecular flexibility index (Phi) is 5.62. The normalized spacial score (nSPS) is 18.4. The molecule has 114 valence electrons. The van der Waals surface area contributed by atoms with Crippen molar-refractivity contribution in [3.8, 4) is 0 Å². The lowest BCUT2D eigenvalue weighted by Crippen LogP contribution is -2.43. The number of hydrogen-bond donors (Lipinski definition) is 1. The van der Waals surface area contributed by atoms with Crippen molar-refractivity contribution in [1.29, 1.82) is 0 Å². The summed E-state index contributed by atoms with van der Waals surface area (Å²) in [5, 5.41) is 3.48. The summed E-state index contributed by atoms with van der Waals surface area (Å²) in [6.07, 6.45) is 3.10. The number of hydrogen-bond acceptors (Lipinski definition) is 2. The molecule has 0 spiro atoms. The minimum absolute atomic E-state index is 0.0359. The largest absolute Gasteiger partial charge is 0.342 e. The standard InChI is InChI=1S/C16H21ClN2O2/c1-2-5-15(20)19-9-4-6-12(11-19)16(21)18-14-8-3-7-13(17)10-14/h3,7-8,10,12H,2,4-6,9,11H2,1H3,(H,18,21)/t12-/m0/s1. The SMILES string of the molecule is CCCC(=O)N1CCC[C@H](C(=O)Nc2cccc(Cl)c2)C1. The summed E-state index contributed by atoms with van der Waals surface area (Å²) in [4.78, 5) is 26.1. The van der Waals surface area contributed by atoms with Gasteiger partial charge in [-0.25, -0.2) is 0 Å². The molecule has 2 rings (SSSR count). The van der Waals surface area contributed by atoms with Crippen molar-refractivity contribution in [3.63, 3.8) is 0 Å². The van der Waals surface area contributed by atoms with E-state index in [4.69, 9.17) is 11.6 Å². The van der Waals surface area contributed by atoms with Crippen LogP contribution >= 0.6 is 11.6 Å². The Morgan fingerprint density at radius 3 is 2.95 bits per heavy atom. The molecule has 0 bridgehead atoms. The zero-order chi connectivity index (χ0) is 15.2. The third-order valence-corrected chi connectivity index (χ3v) is 3.94. The fraction of sp³-hybridized carbons (Fsp3) is 0.500. The number of nitrogens with zero attached hydrogens (tertiary/aromatic N) is 1. The molecule has 2 amide bonds. The molecule has 1 saturated heterocycles. The minimum Gasteiger partial charge on any atom is -0.342 e. The second-order valence-corrected chi connectivity index (χ2v) is 5.86. The number of carbonyl (C=O) groups excluding carboxylic acids is 2. The summed E-state index contributed by atoms with van der Waals surface area (Å²) < 4.78 is 0. The molecular weight excluding hydrogens is 288 g/mol. The average molecular weight is 309 g/mol. The van der Waals surface area contributed by atoms with Crippen LogP contribution in [-0.2, 0) is 9.59 Å².